The predicted molar refractivity (Wildman–Crippen MR) is 126 cm³/mol. The quantitative estimate of drug-likeness (QED) is 0.651. The van der Waals surface area contributed by atoms with Gasteiger partial charge in [0, 0.05) is 0 Å². The summed E-state index contributed by atoms with van der Waals surface area (Å²) in [5, 5.41) is 2.98. The number of anilines is 1. The molecule has 0 spiro atoms. The number of hydrogen-bond donors (Lipinski definition) is 1. The van der Waals surface area contributed by atoms with Crippen LogP contribution in [-0.2, 0) is 20.2 Å². The van der Waals surface area contributed by atoms with Gasteiger partial charge in [0.05, 0.1) is 25.1 Å². The van der Waals surface area contributed by atoms with Crippen molar-refractivity contribution in [2.75, 3.05) is 17.7 Å². The van der Waals surface area contributed by atoms with Gasteiger partial charge in [0.15, 0.2) is 0 Å². The second-order valence-corrected chi connectivity index (χ2v) is 10.6. The third-order valence-electron chi connectivity index (χ3n) is 5.29. The smallest absolute Gasteiger partial charge is 0.244 e. The number of rotatable bonds is 8. The van der Waals surface area contributed by atoms with Gasteiger partial charge in [-0.15, -0.1) is 0 Å². The Labute approximate surface area is 186 Å². The van der Waals surface area contributed by atoms with E-state index in [4.69, 9.17) is 4.74 Å². The highest BCUT2D eigenvalue weighted by Gasteiger charge is 2.32. The Morgan fingerprint density at radius 3 is 2.03 bits per heavy atom. The zero-order valence-corrected chi connectivity index (χ0v) is 20.3. The molecule has 1 N–H and O–H groups in total. The van der Waals surface area contributed by atoms with E-state index in [0.29, 0.717) is 17.9 Å². The molecule has 0 saturated carbocycles. The van der Waals surface area contributed by atoms with Gasteiger partial charge in [-0.05, 0) is 54.2 Å². The molecular weight excluding hydrogens is 412 g/mol. The SMILES string of the molecule is CC[C@H](C(=O)N[C@H](C)c1ccc(C(C)(C)C)cc1)N(c1ccc(OC)cc1)S(C)(=O)=O. The van der Waals surface area contributed by atoms with Gasteiger partial charge >= 0.3 is 0 Å². The van der Waals surface area contributed by atoms with E-state index in [1.807, 2.05) is 19.1 Å². The maximum absolute atomic E-state index is 13.1. The molecule has 0 bridgehead atoms. The van der Waals surface area contributed by atoms with Gasteiger partial charge in [0.25, 0.3) is 0 Å². The monoisotopic (exact) mass is 446 g/mol. The van der Waals surface area contributed by atoms with Crippen LogP contribution in [0.4, 0.5) is 5.69 Å². The molecule has 170 valence electrons. The molecule has 0 radical (unpaired) electrons. The Morgan fingerprint density at radius 2 is 1.61 bits per heavy atom. The van der Waals surface area contributed by atoms with Gasteiger partial charge in [0.2, 0.25) is 15.9 Å². The molecule has 0 unspecified atom stereocenters. The third kappa shape index (κ3) is 6.23. The first-order valence-electron chi connectivity index (χ1n) is 10.4. The van der Waals surface area contributed by atoms with Gasteiger partial charge < -0.3 is 10.1 Å². The molecule has 0 aromatic heterocycles. The van der Waals surface area contributed by atoms with Crippen molar-refractivity contribution in [3.05, 3.63) is 59.7 Å². The van der Waals surface area contributed by atoms with Crippen LogP contribution in [0, 0.1) is 0 Å². The van der Waals surface area contributed by atoms with Crippen molar-refractivity contribution >= 4 is 21.6 Å². The van der Waals surface area contributed by atoms with Crippen LogP contribution in [-0.4, -0.2) is 33.7 Å². The second-order valence-electron chi connectivity index (χ2n) is 8.78. The zero-order chi connectivity index (χ0) is 23.4. The first-order valence-corrected chi connectivity index (χ1v) is 12.3. The summed E-state index contributed by atoms with van der Waals surface area (Å²) in [6.07, 6.45) is 1.45. The summed E-state index contributed by atoms with van der Waals surface area (Å²) in [6, 6.07) is 13.7. The molecule has 0 aliphatic carbocycles. The number of nitrogens with zero attached hydrogens (tertiary/aromatic N) is 1. The minimum absolute atomic E-state index is 0.0483. The maximum Gasteiger partial charge on any atom is 0.244 e. The Morgan fingerprint density at radius 1 is 1.06 bits per heavy atom. The first-order chi connectivity index (χ1) is 14.4. The van der Waals surface area contributed by atoms with Crippen molar-refractivity contribution in [1.29, 1.82) is 0 Å². The highest BCUT2D eigenvalue weighted by molar-refractivity contribution is 7.92. The second kappa shape index (κ2) is 9.73. The Balaban J connectivity index is 2.26. The first kappa shape index (κ1) is 24.7. The fraction of sp³-hybridized carbons (Fsp3) is 0.458. The van der Waals surface area contributed by atoms with Crippen LogP contribution < -0.4 is 14.4 Å². The minimum atomic E-state index is -3.68. The van der Waals surface area contributed by atoms with E-state index in [-0.39, 0.29) is 17.4 Å². The number of sulfonamides is 1. The van der Waals surface area contributed by atoms with Crippen molar-refractivity contribution in [3.63, 3.8) is 0 Å². The van der Waals surface area contributed by atoms with Crippen LogP contribution in [0.25, 0.3) is 0 Å². The van der Waals surface area contributed by atoms with Crippen molar-refractivity contribution < 1.29 is 17.9 Å². The Bertz CT molecular complexity index is 978. The zero-order valence-electron chi connectivity index (χ0n) is 19.5. The summed E-state index contributed by atoms with van der Waals surface area (Å²) in [5.74, 6) is 0.276. The standard InChI is InChI=1S/C24H34N2O4S/c1-8-22(26(31(7,28)29)20-13-15-21(30-6)16-14-20)23(27)25-17(2)18-9-11-19(12-10-18)24(3,4)5/h9-17,22H,8H2,1-7H3,(H,25,27)/t17-,22-/m1/s1. The summed E-state index contributed by atoms with van der Waals surface area (Å²) in [6.45, 7) is 10.2. The van der Waals surface area contributed by atoms with Crippen LogP contribution in [0.5, 0.6) is 5.75 Å². The van der Waals surface area contributed by atoms with Gasteiger partial charge in [-0.1, -0.05) is 52.0 Å². The molecule has 0 aliphatic heterocycles. The van der Waals surface area contributed by atoms with Gasteiger partial charge in [-0.25, -0.2) is 8.42 Å². The van der Waals surface area contributed by atoms with Crippen LogP contribution in [0.2, 0.25) is 0 Å². The molecule has 6 nitrogen and oxygen atoms in total. The Hall–Kier alpha value is -2.54. The van der Waals surface area contributed by atoms with Gasteiger partial charge in [-0.2, -0.15) is 0 Å². The lowest BCUT2D eigenvalue weighted by molar-refractivity contribution is -0.122. The molecular formula is C24H34N2O4S. The lowest BCUT2D eigenvalue weighted by Gasteiger charge is -2.31. The third-order valence-corrected chi connectivity index (χ3v) is 6.47. The van der Waals surface area contributed by atoms with Crippen molar-refractivity contribution in [1.82, 2.24) is 5.32 Å². The van der Waals surface area contributed by atoms with E-state index in [2.05, 4.69) is 38.2 Å². The number of ether oxygens (including phenoxy) is 1. The molecule has 1 amide bonds. The van der Waals surface area contributed by atoms with Crippen molar-refractivity contribution in [3.8, 4) is 5.75 Å². The summed E-state index contributed by atoms with van der Waals surface area (Å²) >= 11 is 0. The highest BCUT2D eigenvalue weighted by Crippen LogP contribution is 2.27. The summed E-state index contributed by atoms with van der Waals surface area (Å²) in [4.78, 5) is 13.1. The van der Waals surface area contributed by atoms with E-state index >= 15 is 0 Å². The van der Waals surface area contributed by atoms with Gasteiger partial charge in [0.1, 0.15) is 11.8 Å². The lowest BCUT2D eigenvalue weighted by atomic mass is 9.86. The van der Waals surface area contributed by atoms with Crippen LogP contribution in [0.3, 0.4) is 0 Å². The highest BCUT2D eigenvalue weighted by atomic mass is 32.2. The molecule has 31 heavy (non-hydrogen) atoms. The predicted octanol–water partition coefficient (Wildman–Crippen LogP) is 4.41. The fourth-order valence-corrected chi connectivity index (χ4v) is 4.67. The fourth-order valence-electron chi connectivity index (χ4n) is 3.45. The molecule has 2 aromatic rings. The van der Waals surface area contributed by atoms with Crippen molar-refractivity contribution in [2.24, 2.45) is 0 Å². The number of amides is 1. The van der Waals surface area contributed by atoms with E-state index in [1.54, 1.807) is 38.3 Å². The topological polar surface area (TPSA) is 75.7 Å². The average molecular weight is 447 g/mol. The molecule has 0 heterocycles. The molecule has 2 atom stereocenters. The number of methoxy groups -OCH3 is 1. The molecule has 0 aliphatic rings. The average Bonchev–Trinajstić information content (AvgIpc) is 2.70. The van der Waals surface area contributed by atoms with Gasteiger partial charge in [-0.3, -0.25) is 9.10 Å². The number of hydrogen-bond acceptors (Lipinski definition) is 4. The number of carbonyl (C=O) groups excluding carboxylic acids is 1. The molecule has 2 aromatic carbocycles. The summed E-state index contributed by atoms with van der Waals surface area (Å²) in [7, 11) is -2.14. The van der Waals surface area contributed by atoms with Crippen LogP contribution >= 0.6 is 0 Å². The molecule has 0 fully saturated rings. The maximum atomic E-state index is 13.1. The molecule has 7 heteroatoms. The molecule has 0 saturated heterocycles. The number of carbonyl (C=O) groups is 1. The van der Waals surface area contributed by atoms with E-state index in [9.17, 15) is 13.2 Å². The van der Waals surface area contributed by atoms with E-state index in [0.717, 1.165) is 11.8 Å². The molecule has 2 rings (SSSR count). The largest absolute Gasteiger partial charge is 0.497 e. The Kier molecular flexibility index (Phi) is 7.76. The minimum Gasteiger partial charge on any atom is -0.497 e. The number of nitrogens with one attached hydrogen (secondary N) is 1. The lowest BCUT2D eigenvalue weighted by Crippen LogP contribution is -2.49. The van der Waals surface area contributed by atoms with E-state index < -0.39 is 16.1 Å². The normalized spacial score (nSPS) is 13.9. The summed E-state index contributed by atoms with van der Waals surface area (Å²) < 4.78 is 31.5. The number of benzene rings is 2. The summed E-state index contributed by atoms with van der Waals surface area (Å²) in [5.41, 5.74) is 2.65. The van der Waals surface area contributed by atoms with E-state index in [1.165, 1.54) is 9.87 Å². The van der Waals surface area contributed by atoms with Crippen molar-refractivity contribution in [2.45, 2.75) is 58.5 Å². The van der Waals surface area contributed by atoms with Crippen LogP contribution in [0.1, 0.15) is 58.2 Å². The van der Waals surface area contributed by atoms with Crippen LogP contribution in [0.15, 0.2) is 48.5 Å².